The normalized spacial score (nSPS) is 24.1. The van der Waals surface area contributed by atoms with Gasteiger partial charge in [0.2, 0.25) is 5.96 Å². The molecule has 0 aliphatic carbocycles. The third kappa shape index (κ3) is 2.40. The first kappa shape index (κ1) is 17.1. The fraction of sp³-hybridized carbons (Fsp3) is 0.316. The van der Waals surface area contributed by atoms with Crippen LogP contribution in [0.25, 0.3) is 0 Å². The van der Waals surface area contributed by atoms with Crippen molar-refractivity contribution in [3.8, 4) is 0 Å². The molecular weight excluding hydrogens is 344 g/mol. The number of imide groups is 1. The van der Waals surface area contributed by atoms with Crippen LogP contribution in [-0.4, -0.2) is 58.4 Å². The Hall–Kier alpha value is -3.29. The molecule has 2 N–H and O–H groups in total. The van der Waals surface area contributed by atoms with Crippen LogP contribution in [0.4, 0.5) is 16.2 Å². The van der Waals surface area contributed by atoms with Crippen molar-refractivity contribution in [2.75, 3.05) is 24.2 Å². The molecule has 1 saturated heterocycles. The number of hydrogen-bond acceptors (Lipinski definition) is 6. The number of amides is 3. The van der Waals surface area contributed by atoms with Gasteiger partial charge in [-0.1, -0.05) is 24.3 Å². The lowest BCUT2D eigenvalue weighted by Crippen LogP contribution is -2.64. The molecule has 8 nitrogen and oxygen atoms in total. The molecule has 8 heteroatoms. The molecule has 0 bridgehead atoms. The van der Waals surface area contributed by atoms with Crippen molar-refractivity contribution in [1.29, 1.82) is 0 Å². The van der Waals surface area contributed by atoms with E-state index in [1.54, 1.807) is 14.0 Å². The Kier molecular flexibility index (Phi) is 3.73. The lowest BCUT2D eigenvalue weighted by atomic mass is 10.1. The Morgan fingerprint density at radius 3 is 2.67 bits per heavy atom. The number of urea groups is 1. The average Bonchev–Trinajstić information content (AvgIpc) is 3.12. The first-order valence-electron chi connectivity index (χ1n) is 8.73. The summed E-state index contributed by atoms with van der Waals surface area (Å²) in [7, 11) is 1.67. The highest BCUT2D eigenvalue weighted by Gasteiger charge is 2.54. The summed E-state index contributed by atoms with van der Waals surface area (Å²) in [5.41, 5.74) is 9.22. The van der Waals surface area contributed by atoms with E-state index in [0.29, 0.717) is 11.6 Å². The number of carbonyl (C=O) groups is 2. The Bertz CT molecular complexity index is 921. The van der Waals surface area contributed by atoms with E-state index in [4.69, 9.17) is 10.7 Å². The number of rotatable bonds is 3. The summed E-state index contributed by atoms with van der Waals surface area (Å²) in [6, 6.07) is 6.55. The number of anilines is 2. The van der Waals surface area contributed by atoms with Gasteiger partial charge in [0, 0.05) is 18.9 Å². The minimum Gasteiger partial charge on any atom is -0.397 e. The molecule has 2 unspecified atom stereocenters. The number of hydrogen-bond donors (Lipinski definition) is 1. The summed E-state index contributed by atoms with van der Waals surface area (Å²) < 4.78 is 0. The van der Waals surface area contributed by atoms with Crippen molar-refractivity contribution in [3.63, 3.8) is 0 Å². The second kappa shape index (κ2) is 5.87. The van der Waals surface area contributed by atoms with Crippen molar-refractivity contribution < 1.29 is 9.59 Å². The third-order valence-electron chi connectivity index (χ3n) is 4.99. The minimum atomic E-state index is -0.591. The molecule has 0 saturated carbocycles. The van der Waals surface area contributed by atoms with Gasteiger partial charge in [-0.25, -0.2) is 9.79 Å². The topological polar surface area (TPSA) is 85.5 Å². The van der Waals surface area contributed by atoms with Crippen LogP contribution in [0.2, 0.25) is 0 Å². The number of benzene rings is 1. The summed E-state index contributed by atoms with van der Waals surface area (Å²) in [5.74, 6) is 0.336. The van der Waals surface area contributed by atoms with Gasteiger partial charge < -0.3 is 15.5 Å². The Morgan fingerprint density at radius 1 is 1.30 bits per heavy atom. The van der Waals surface area contributed by atoms with Gasteiger partial charge >= 0.3 is 6.03 Å². The van der Waals surface area contributed by atoms with Gasteiger partial charge in [0.05, 0.1) is 17.9 Å². The molecule has 0 spiro atoms. The Balaban J connectivity index is 1.74. The molecule has 2 atom stereocenters. The lowest BCUT2D eigenvalue weighted by molar-refractivity contribution is -0.136. The fourth-order valence-electron chi connectivity index (χ4n) is 3.76. The predicted octanol–water partition coefficient (Wildman–Crippen LogP) is 1.79. The number of para-hydroxylation sites is 2. The molecule has 3 aliphatic heterocycles. The van der Waals surface area contributed by atoms with Crippen LogP contribution in [0.3, 0.4) is 0 Å². The fourth-order valence-corrected chi connectivity index (χ4v) is 3.76. The largest absolute Gasteiger partial charge is 0.397 e. The zero-order chi connectivity index (χ0) is 19.5. The number of nitrogens with two attached hydrogens (primary N) is 1. The summed E-state index contributed by atoms with van der Waals surface area (Å²) in [6.07, 6.45) is 1.31. The van der Waals surface area contributed by atoms with Crippen LogP contribution >= 0.6 is 0 Å². The number of aliphatic imine (C=N–C) groups is 1. The molecular formula is C19H22N6O2. The zero-order valence-electron chi connectivity index (χ0n) is 15.6. The van der Waals surface area contributed by atoms with Gasteiger partial charge in [0.1, 0.15) is 0 Å². The van der Waals surface area contributed by atoms with Crippen molar-refractivity contribution in [2.24, 2.45) is 4.99 Å². The Labute approximate surface area is 157 Å². The SMILES string of the molecule is C=C(C)CN1C(=O)C2C(N=C3N(c4ccccc4N)C(C)=CN32)N(C)C1=O. The van der Waals surface area contributed by atoms with Crippen molar-refractivity contribution >= 4 is 29.3 Å². The summed E-state index contributed by atoms with van der Waals surface area (Å²) >= 11 is 0. The highest BCUT2D eigenvalue weighted by molar-refractivity contribution is 6.10. The standard InChI is InChI=1S/C19H22N6O2/c1-11(2)9-24-17(26)15-16(22(4)19(24)27)21-18-23(15)10-12(3)25(18)14-8-6-5-7-13(14)20/h5-8,10,15-16H,1,9,20H2,2-4H3. The van der Waals surface area contributed by atoms with Gasteiger partial charge in [-0.15, -0.1) is 0 Å². The van der Waals surface area contributed by atoms with E-state index in [0.717, 1.165) is 17.0 Å². The predicted molar refractivity (Wildman–Crippen MR) is 104 cm³/mol. The second-order valence-electron chi connectivity index (χ2n) is 7.13. The second-order valence-corrected chi connectivity index (χ2v) is 7.13. The van der Waals surface area contributed by atoms with Gasteiger partial charge in [-0.3, -0.25) is 14.6 Å². The molecule has 1 fully saturated rings. The third-order valence-corrected chi connectivity index (χ3v) is 4.99. The highest BCUT2D eigenvalue weighted by atomic mass is 16.2. The summed E-state index contributed by atoms with van der Waals surface area (Å²) in [5, 5.41) is 0. The van der Waals surface area contributed by atoms with Crippen LogP contribution in [-0.2, 0) is 4.79 Å². The molecule has 1 aromatic carbocycles. The minimum absolute atomic E-state index is 0.201. The van der Waals surface area contributed by atoms with Crippen LogP contribution in [0.1, 0.15) is 13.8 Å². The summed E-state index contributed by atoms with van der Waals surface area (Å²) in [6.45, 7) is 7.76. The Morgan fingerprint density at radius 2 is 2.00 bits per heavy atom. The molecule has 140 valence electrons. The number of allylic oxidation sites excluding steroid dienone is 1. The maximum absolute atomic E-state index is 13.1. The molecule has 3 aliphatic rings. The summed E-state index contributed by atoms with van der Waals surface area (Å²) in [4.78, 5) is 37.0. The van der Waals surface area contributed by atoms with Gasteiger partial charge in [-0.2, -0.15) is 0 Å². The quantitative estimate of drug-likeness (QED) is 0.651. The maximum Gasteiger partial charge on any atom is 0.328 e. The van der Waals surface area contributed by atoms with E-state index in [1.807, 2.05) is 47.2 Å². The first-order chi connectivity index (χ1) is 12.8. The van der Waals surface area contributed by atoms with Crippen LogP contribution < -0.4 is 10.6 Å². The van der Waals surface area contributed by atoms with E-state index < -0.39 is 12.2 Å². The number of likely N-dealkylation sites (N-methyl/N-ethyl adjacent to an activating group) is 1. The lowest BCUT2D eigenvalue weighted by Gasteiger charge is -2.40. The first-order valence-corrected chi connectivity index (χ1v) is 8.73. The van der Waals surface area contributed by atoms with Gasteiger partial charge in [0.25, 0.3) is 5.91 Å². The smallest absolute Gasteiger partial charge is 0.328 e. The number of carbonyl (C=O) groups excluding carboxylic acids is 2. The molecule has 1 aromatic rings. The number of nitrogens with zero attached hydrogens (tertiary/aromatic N) is 5. The monoisotopic (exact) mass is 366 g/mol. The zero-order valence-corrected chi connectivity index (χ0v) is 15.6. The van der Waals surface area contributed by atoms with E-state index in [-0.39, 0.29) is 18.5 Å². The van der Waals surface area contributed by atoms with E-state index in [2.05, 4.69) is 6.58 Å². The van der Waals surface area contributed by atoms with E-state index in [1.165, 1.54) is 9.80 Å². The molecule has 3 heterocycles. The molecule has 4 rings (SSSR count). The molecule has 3 amide bonds. The number of nitrogen functional groups attached to an aromatic ring is 1. The van der Waals surface area contributed by atoms with Gasteiger partial charge in [-0.05, 0) is 26.0 Å². The van der Waals surface area contributed by atoms with Gasteiger partial charge in [0.15, 0.2) is 12.2 Å². The average molecular weight is 366 g/mol. The van der Waals surface area contributed by atoms with Crippen molar-refractivity contribution in [3.05, 3.63) is 48.3 Å². The van der Waals surface area contributed by atoms with Crippen LogP contribution in [0.15, 0.2) is 53.3 Å². The van der Waals surface area contributed by atoms with E-state index >= 15 is 0 Å². The molecule has 0 radical (unpaired) electrons. The molecule has 0 aromatic heterocycles. The molecule has 27 heavy (non-hydrogen) atoms. The number of guanidine groups is 1. The van der Waals surface area contributed by atoms with Crippen molar-refractivity contribution in [2.45, 2.75) is 26.1 Å². The van der Waals surface area contributed by atoms with Crippen LogP contribution in [0, 0.1) is 0 Å². The number of fused-ring (bicyclic) bond motifs is 3. The van der Waals surface area contributed by atoms with Crippen molar-refractivity contribution in [1.82, 2.24) is 14.7 Å². The van der Waals surface area contributed by atoms with Crippen LogP contribution in [0.5, 0.6) is 0 Å². The van der Waals surface area contributed by atoms with E-state index in [9.17, 15) is 9.59 Å². The maximum atomic E-state index is 13.1. The highest BCUT2D eigenvalue weighted by Crippen LogP contribution is 2.38.